The Balaban J connectivity index is 1.77. The second-order valence-electron chi connectivity index (χ2n) is 5.70. The van der Waals surface area contributed by atoms with E-state index in [0.717, 1.165) is 17.8 Å². The van der Waals surface area contributed by atoms with Crippen LogP contribution in [0.15, 0.2) is 18.2 Å². The molecule has 2 aromatic rings. The number of carbonyl (C=O) groups excluding carboxylic acids is 2. The van der Waals surface area contributed by atoms with E-state index in [0.29, 0.717) is 35.1 Å². The molecular weight excluding hydrogens is 330 g/mol. The molecule has 3 amide bonds. The van der Waals surface area contributed by atoms with E-state index in [1.165, 1.54) is 0 Å². The summed E-state index contributed by atoms with van der Waals surface area (Å²) in [5, 5.41) is 12.7. The molecule has 1 saturated heterocycles. The van der Waals surface area contributed by atoms with Crippen LogP contribution >= 0.6 is 11.6 Å². The fourth-order valence-electron chi connectivity index (χ4n) is 2.70. The molecule has 1 fully saturated rings. The van der Waals surface area contributed by atoms with Gasteiger partial charge in [-0.25, -0.2) is 4.79 Å². The predicted molar refractivity (Wildman–Crippen MR) is 93.7 cm³/mol. The maximum absolute atomic E-state index is 12.2. The van der Waals surface area contributed by atoms with Crippen LogP contribution in [0.3, 0.4) is 0 Å². The lowest BCUT2D eigenvalue weighted by Gasteiger charge is -2.17. The molecule has 1 aromatic heterocycles. The van der Waals surface area contributed by atoms with Crippen LogP contribution in [0.5, 0.6) is 0 Å². The first kappa shape index (κ1) is 16.3. The number of carbonyl (C=O) groups is 2. The predicted octanol–water partition coefficient (Wildman–Crippen LogP) is 3.45. The van der Waals surface area contributed by atoms with Gasteiger partial charge in [-0.3, -0.25) is 9.89 Å². The monoisotopic (exact) mass is 347 g/mol. The molecule has 1 aromatic carbocycles. The van der Waals surface area contributed by atoms with Gasteiger partial charge in [-0.1, -0.05) is 11.6 Å². The lowest BCUT2D eigenvalue weighted by molar-refractivity contribution is -0.117. The average molecular weight is 348 g/mol. The van der Waals surface area contributed by atoms with Gasteiger partial charge in [0, 0.05) is 18.7 Å². The van der Waals surface area contributed by atoms with Crippen LogP contribution in [0.1, 0.15) is 24.2 Å². The summed E-state index contributed by atoms with van der Waals surface area (Å²) in [6.45, 7) is 4.30. The van der Waals surface area contributed by atoms with Gasteiger partial charge in [0.1, 0.15) is 0 Å². The highest BCUT2D eigenvalue weighted by molar-refractivity contribution is 6.34. The second kappa shape index (κ2) is 6.52. The third-order valence-electron chi connectivity index (χ3n) is 3.95. The number of nitrogens with zero attached hydrogens (tertiary/aromatic N) is 2. The summed E-state index contributed by atoms with van der Waals surface area (Å²) in [5.41, 5.74) is 3.28. The smallest absolute Gasteiger partial charge is 0.312 e. The summed E-state index contributed by atoms with van der Waals surface area (Å²) in [5.74, 6) is 0.0809. The van der Waals surface area contributed by atoms with Gasteiger partial charge in [-0.15, -0.1) is 0 Å². The SMILES string of the molecule is Cc1n[nH]c(C)c1NC(=O)Nc1cc(N2CCCC2=O)ccc1Cl. The Hall–Kier alpha value is -2.54. The Morgan fingerprint density at radius 1 is 1.33 bits per heavy atom. The van der Waals surface area contributed by atoms with Crippen LogP contribution in [-0.4, -0.2) is 28.7 Å². The number of benzene rings is 1. The Bertz CT molecular complexity index is 782. The van der Waals surface area contributed by atoms with Crippen LogP contribution in [0.4, 0.5) is 21.9 Å². The minimum Gasteiger partial charge on any atom is -0.312 e. The molecule has 7 nitrogen and oxygen atoms in total. The van der Waals surface area contributed by atoms with E-state index in [2.05, 4.69) is 20.8 Å². The van der Waals surface area contributed by atoms with Gasteiger partial charge in [-0.05, 0) is 38.5 Å². The van der Waals surface area contributed by atoms with Gasteiger partial charge in [0.25, 0.3) is 0 Å². The van der Waals surface area contributed by atoms with Gasteiger partial charge >= 0.3 is 6.03 Å². The van der Waals surface area contributed by atoms with Crippen molar-refractivity contribution in [1.29, 1.82) is 0 Å². The minimum atomic E-state index is -0.422. The molecule has 0 atom stereocenters. The number of amides is 3. The molecule has 3 rings (SSSR count). The number of H-pyrrole nitrogens is 1. The van der Waals surface area contributed by atoms with E-state index in [1.54, 1.807) is 30.0 Å². The molecule has 0 aliphatic carbocycles. The molecule has 0 saturated carbocycles. The summed E-state index contributed by atoms with van der Waals surface area (Å²) in [6.07, 6.45) is 1.38. The standard InChI is InChI=1S/C16H18ClN5O2/c1-9-15(10(2)21-20-9)19-16(24)18-13-8-11(5-6-12(13)17)22-7-3-4-14(22)23/h5-6,8H,3-4,7H2,1-2H3,(H,20,21)(H2,18,19,24). The van der Waals surface area contributed by atoms with Gasteiger partial charge in [0.2, 0.25) is 5.91 Å². The normalized spacial score (nSPS) is 14.1. The molecule has 0 spiro atoms. The van der Waals surface area contributed by atoms with Gasteiger partial charge in [0.15, 0.2) is 0 Å². The van der Waals surface area contributed by atoms with Crippen molar-refractivity contribution in [1.82, 2.24) is 10.2 Å². The molecule has 2 heterocycles. The number of anilines is 3. The Morgan fingerprint density at radius 2 is 2.12 bits per heavy atom. The van der Waals surface area contributed by atoms with Crippen LogP contribution in [0, 0.1) is 13.8 Å². The summed E-state index contributed by atoms with van der Waals surface area (Å²) in [4.78, 5) is 25.8. The number of urea groups is 1. The van der Waals surface area contributed by atoms with Crippen LogP contribution in [0.2, 0.25) is 5.02 Å². The van der Waals surface area contributed by atoms with E-state index in [9.17, 15) is 9.59 Å². The highest BCUT2D eigenvalue weighted by atomic mass is 35.5. The third-order valence-corrected chi connectivity index (χ3v) is 4.28. The average Bonchev–Trinajstić information content (AvgIpc) is 3.10. The number of hydrogen-bond donors (Lipinski definition) is 3. The molecular formula is C16H18ClN5O2. The lowest BCUT2D eigenvalue weighted by Crippen LogP contribution is -2.24. The molecule has 0 radical (unpaired) electrons. The lowest BCUT2D eigenvalue weighted by atomic mass is 10.2. The zero-order chi connectivity index (χ0) is 17.3. The Morgan fingerprint density at radius 3 is 2.75 bits per heavy atom. The Kier molecular flexibility index (Phi) is 4.44. The summed E-state index contributed by atoms with van der Waals surface area (Å²) in [6, 6.07) is 4.74. The first-order chi connectivity index (χ1) is 11.5. The van der Waals surface area contributed by atoms with Gasteiger partial charge in [0.05, 0.1) is 27.8 Å². The van der Waals surface area contributed by atoms with E-state index < -0.39 is 6.03 Å². The fraction of sp³-hybridized carbons (Fsp3) is 0.312. The molecule has 8 heteroatoms. The van der Waals surface area contributed by atoms with Crippen molar-refractivity contribution in [3.63, 3.8) is 0 Å². The van der Waals surface area contributed by atoms with Crippen LogP contribution in [-0.2, 0) is 4.79 Å². The number of halogens is 1. The maximum atomic E-state index is 12.2. The number of rotatable bonds is 3. The number of nitrogens with one attached hydrogen (secondary N) is 3. The first-order valence-corrected chi connectivity index (χ1v) is 8.03. The molecule has 126 valence electrons. The minimum absolute atomic E-state index is 0.0809. The highest BCUT2D eigenvalue weighted by Gasteiger charge is 2.22. The zero-order valence-electron chi connectivity index (χ0n) is 13.4. The summed E-state index contributed by atoms with van der Waals surface area (Å²) in [7, 11) is 0. The number of hydrogen-bond acceptors (Lipinski definition) is 3. The van der Waals surface area contributed by atoms with Crippen molar-refractivity contribution in [3.05, 3.63) is 34.6 Å². The fourth-order valence-corrected chi connectivity index (χ4v) is 2.87. The number of aryl methyl sites for hydroxylation is 2. The van der Waals surface area contributed by atoms with Gasteiger partial charge < -0.3 is 15.5 Å². The summed E-state index contributed by atoms with van der Waals surface area (Å²) >= 11 is 6.16. The highest BCUT2D eigenvalue weighted by Crippen LogP contribution is 2.30. The molecule has 24 heavy (non-hydrogen) atoms. The van der Waals surface area contributed by atoms with Crippen molar-refractivity contribution < 1.29 is 9.59 Å². The maximum Gasteiger partial charge on any atom is 0.323 e. The largest absolute Gasteiger partial charge is 0.323 e. The zero-order valence-corrected chi connectivity index (χ0v) is 14.2. The van der Waals surface area contributed by atoms with Crippen LogP contribution in [0.25, 0.3) is 0 Å². The summed E-state index contributed by atoms with van der Waals surface area (Å²) < 4.78 is 0. The molecule has 0 unspecified atom stereocenters. The van der Waals surface area contributed by atoms with Gasteiger partial charge in [-0.2, -0.15) is 5.10 Å². The molecule has 0 bridgehead atoms. The van der Waals surface area contributed by atoms with Crippen molar-refractivity contribution in [3.8, 4) is 0 Å². The Labute approximate surface area is 144 Å². The quantitative estimate of drug-likeness (QED) is 0.794. The van der Waals surface area contributed by atoms with Crippen molar-refractivity contribution in [2.24, 2.45) is 0 Å². The second-order valence-corrected chi connectivity index (χ2v) is 6.11. The van der Waals surface area contributed by atoms with Crippen LogP contribution < -0.4 is 15.5 Å². The topological polar surface area (TPSA) is 90.1 Å². The molecule has 3 N–H and O–H groups in total. The molecule has 1 aliphatic rings. The first-order valence-electron chi connectivity index (χ1n) is 7.65. The van der Waals surface area contributed by atoms with Crippen molar-refractivity contribution in [2.75, 3.05) is 22.1 Å². The van der Waals surface area contributed by atoms with E-state index in [1.807, 2.05) is 6.92 Å². The number of aromatic amines is 1. The van der Waals surface area contributed by atoms with E-state index >= 15 is 0 Å². The third kappa shape index (κ3) is 3.21. The van der Waals surface area contributed by atoms with Crippen molar-refractivity contribution >= 4 is 40.6 Å². The van der Waals surface area contributed by atoms with Crippen molar-refractivity contribution in [2.45, 2.75) is 26.7 Å². The van der Waals surface area contributed by atoms with E-state index in [-0.39, 0.29) is 5.91 Å². The number of aromatic nitrogens is 2. The van der Waals surface area contributed by atoms with E-state index in [4.69, 9.17) is 11.6 Å². The molecule has 1 aliphatic heterocycles.